The van der Waals surface area contributed by atoms with Gasteiger partial charge in [0.1, 0.15) is 23.6 Å². The van der Waals surface area contributed by atoms with E-state index in [1.54, 1.807) is 87.7 Å². The normalized spacial score (nSPS) is 11.2. The SMILES string of the molecule is C=CCOC(=O)Nc1ccc2cnn(C(=O)c3cc(NC(=O)c4cc(CC(=O)c5nc(NC(=O)OC(C)(C)C)cn5C)cn4C)cn3C)c2c1. The Morgan fingerprint density at radius 3 is 2.32 bits per heavy atom. The number of hydrogen-bond acceptors (Lipinski definition) is 9. The number of aromatic nitrogens is 6. The van der Waals surface area contributed by atoms with Crippen LogP contribution in [0.5, 0.6) is 0 Å². The highest BCUT2D eigenvalue weighted by atomic mass is 16.6. The van der Waals surface area contributed by atoms with E-state index in [2.05, 4.69) is 32.6 Å². The number of amides is 3. The number of rotatable bonds is 10. The zero-order valence-corrected chi connectivity index (χ0v) is 28.4. The van der Waals surface area contributed by atoms with E-state index < -0.39 is 29.6 Å². The Hall–Kier alpha value is -6.45. The van der Waals surface area contributed by atoms with Gasteiger partial charge >= 0.3 is 12.2 Å². The third-order valence-corrected chi connectivity index (χ3v) is 7.24. The van der Waals surface area contributed by atoms with Crippen LogP contribution < -0.4 is 16.0 Å². The molecule has 3 N–H and O–H groups in total. The Bertz CT molecular complexity index is 2140. The summed E-state index contributed by atoms with van der Waals surface area (Å²) in [6.45, 7) is 8.77. The monoisotopic (exact) mass is 683 g/mol. The van der Waals surface area contributed by atoms with Crippen molar-refractivity contribution in [1.29, 1.82) is 0 Å². The molecule has 0 atom stereocenters. The molecule has 0 spiro atoms. The van der Waals surface area contributed by atoms with E-state index in [4.69, 9.17) is 9.47 Å². The molecule has 4 heterocycles. The number of ether oxygens (including phenoxy) is 2. The lowest BCUT2D eigenvalue weighted by Crippen LogP contribution is -2.27. The number of imidazole rings is 1. The summed E-state index contributed by atoms with van der Waals surface area (Å²) in [6.07, 6.45) is 6.34. The number of nitrogens with one attached hydrogen (secondary N) is 3. The Morgan fingerprint density at radius 2 is 1.60 bits per heavy atom. The van der Waals surface area contributed by atoms with E-state index in [9.17, 15) is 24.0 Å². The lowest BCUT2D eigenvalue weighted by Gasteiger charge is -2.18. The van der Waals surface area contributed by atoms with Crippen molar-refractivity contribution in [3.8, 4) is 0 Å². The van der Waals surface area contributed by atoms with Gasteiger partial charge in [0, 0.05) is 57.2 Å². The summed E-state index contributed by atoms with van der Waals surface area (Å²) < 4.78 is 16.1. The summed E-state index contributed by atoms with van der Waals surface area (Å²) in [7, 11) is 4.98. The zero-order chi connectivity index (χ0) is 36.3. The molecule has 50 heavy (non-hydrogen) atoms. The van der Waals surface area contributed by atoms with Crippen LogP contribution in [-0.2, 0) is 37.0 Å². The van der Waals surface area contributed by atoms with Crippen molar-refractivity contribution in [2.75, 3.05) is 22.6 Å². The summed E-state index contributed by atoms with van der Waals surface area (Å²) in [6, 6.07) is 8.10. The minimum absolute atomic E-state index is 0.0480. The van der Waals surface area contributed by atoms with Gasteiger partial charge in [-0.25, -0.2) is 14.6 Å². The number of Topliss-reactive ketones (excluding diaryl/α,β-unsaturated/α-hetero) is 1. The number of carbonyl (C=O) groups excluding carboxylic acids is 5. The highest BCUT2D eigenvalue weighted by Gasteiger charge is 2.22. The van der Waals surface area contributed by atoms with Crippen molar-refractivity contribution >= 4 is 57.9 Å². The number of nitrogens with zero attached hydrogens (tertiary/aromatic N) is 6. The standard InChI is InChI=1S/C34H37N9O7/c1-8-11-49-32(47)37-22-10-9-21-16-35-43(24(21)14-22)31(46)26-15-23(18-41(26)6)36-30(45)25-12-20(17-40(25)5)13-27(44)29-38-28(19-42(29)7)39-33(48)50-34(2,3)4/h8-10,12,14-19H,1,11,13H2,2-7H3,(H,36,45)(H,37,47)(H,39,48). The largest absolute Gasteiger partial charge is 0.445 e. The molecule has 16 nitrogen and oxygen atoms in total. The fourth-order valence-electron chi connectivity index (χ4n) is 5.11. The number of fused-ring (bicyclic) bond motifs is 1. The molecule has 0 saturated heterocycles. The summed E-state index contributed by atoms with van der Waals surface area (Å²) in [5, 5.41) is 12.8. The zero-order valence-electron chi connectivity index (χ0n) is 28.4. The Kier molecular flexibility index (Phi) is 9.73. The first kappa shape index (κ1) is 34.9. The summed E-state index contributed by atoms with van der Waals surface area (Å²) in [5.41, 5.74) is 1.62. The van der Waals surface area contributed by atoms with Gasteiger partial charge in [0.15, 0.2) is 11.6 Å². The molecule has 0 aliphatic heterocycles. The van der Waals surface area contributed by atoms with Crippen molar-refractivity contribution in [2.45, 2.75) is 32.8 Å². The lowest BCUT2D eigenvalue weighted by atomic mass is 10.1. The van der Waals surface area contributed by atoms with Crippen LogP contribution in [0.2, 0.25) is 0 Å². The van der Waals surface area contributed by atoms with E-state index in [0.717, 1.165) is 0 Å². The molecule has 0 bridgehead atoms. The third-order valence-electron chi connectivity index (χ3n) is 7.24. The molecule has 0 fully saturated rings. The lowest BCUT2D eigenvalue weighted by molar-refractivity contribution is 0.0634. The topological polar surface area (TPSA) is 185 Å². The molecule has 5 aromatic rings. The number of anilines is 3. The second-order valence-corrected chi connectivity index (χ2v) is 12.5. The maximum absolute atomic E-state index is 13.6. The predicted molar refractivity (Wildman–Crippen MR) is 185 cm³/mol. The number of carbonyl (C=O) groups is 5. The number of aryl methyl sites for hydroxylation is 3. The van der Waals surface area contributed by atoms with E-state index in [-0.39, 0.29) is 41.8 Å². The van der Waals surface area contributed by atoms with Crippen LogP contribution in [-0.4, -0.2) is 70.5 Å². The minimum Gasteiger partial charge on any atom is -0.445 e. The van der Waals surface area contributed by atoms with Crippen molar-refractivity contribution in [3.05, 3.63) is 90.5 Å². The van der Waals surface area contributed by atoms with Gasteiger partial charge in [0.25, 0.3) is 11.8 Å². The summed E-state index contributed by atoms with van der Waals surface area (Å²) in [5.74, 6) is -0.956. The average Bonchev–Trinajstić information content (AvgIpc) is 3.80. The molecular weight excluding hydrogens is 646 g/mol. The molecule has 0 aliphatic carbocycles. The molecule has 4 aromatic heterocycles. The van der Waals surface area contributed by atoms with Crippen LogP contribution in [0.25, 0.3) is 10.9 Å². The van der Waals surface area contributed by atoms with Crippen LogP contribution in [0, 0.1) is 0 Å². The molecule has 260 valence electrons. The van der Waals surface area contributed by atoms with Crippen LogP contribution >= 0.6 is 0 Å². The number of ketones is 1. The van der Waals surface area contributed by atoms with Crippen molar-refractivity contribution in [2.24, 2.45) is 21.1 Å². The third kappa shape index (κ3) is 7.98. The van der Waals surface area contributed by atoms with Gasteiger partial charge in [0.05, 0.1) is 17.4 Å². The Morgan fingerprint density at radius 1 is 0.860 bits per heavy atom. The molecule has 16 heteroatoms. The fourth-order valence-corrected chi connectivity index (χ4v) is 5.11. The maximum atomic E-state index is 13.6. The number of benzene rings is 1. The van der Waals surface area contributed by atoms with E-state index in [1.807, 2.05) is 0 Å². The maximum Gasteiger partial charge on any atom is 0.413 e. The first-order valence-corrected chi connectivity index (χ1v) is 15.4. The van der Waals surface area contributed by atoms with Gasteiger partial charge in [-0.1, -0.05) is 12.7 Å². The van der Waals surface area contributed by atoms with Crippen molar-refractivity contribution in [1.82, 2.24) is 28.5 Å². The summed E-state index contributed by atoms with van der Waals surface area (Å²) in [4.78, 5) is 68.3. The van der Waals surface area contributed by atoms with Gasteiger partial charge in [-0.15, -0.1) is 0 Å². The first-order chi connectivity index (χ1) is 23.6. The van der Waals surface area contributed by atoms with Crippen molar-refractivity contribution < 1.29 is 33.4 Å². The smallest absolute Gasteiger partial charge is 0.413 e. The second kappa shape index (κ2) is 14.0. The molecule has 0 radical (unpaired) electrons. The van der Waals surface area contributed by atoms with Gasteiger partial charge in [-0.05, 0) is 56.7 Å². The Labute approximate surface area is 286 Å². The van der Waals surface area contributed by atoms with Gasteiger partial charge < -0.3 is 28.5 Å². The molecule has 1 aromatic carbocycles. The van der Waals surface area contributed by atoms with E-state index in [0.29, 0.717) is 27.8 Å². The second-order valence-electron chi connectivity index (χ2n) is 12.5. The quantitative estimate of drug-likeness (QED) is 0.136. The molecule has 0 saturated carbocycles. The molecule has 0 unspecified atom stereocenters. The molecule has 3 amide bonds. The number of hydrogen-bond donors (Lipinski definition) is 3. The molecule has 5 rings (SSSR count). The highest BCUT2D eigenvalue weighted by molar-refractivity contribution is 6.06. The first-order valence-electron chi connectivity index (χ1n) is 15.4. The fraction of sp³-hybridized carbons (Fsp3) is 0.265. The minimum atomic E-state index is -0.695. The van der Waals surface area contributed by atoms with Crippen LogP contribution in [0.3, 0.4) is 0 Å². The van der Waals surface area contributed by atoms with Gasteiger partial charge in [0.2, 0.25) is 5.78 Å². The van der Waals surface area contributed by atoms with Crippen LogP contribution in [0.1, 0.15) is 57.9 Å². The van der Waals surface area contributed by atoms with Gasteiger partial charge in [-0.2, -0.15) is 9.78 Å². The predicted octanol–water partition coefficient (Wildman–Crippen LogP) is 4.89. The highest BCUT2D eigenvalue weighted by Crippen LogP contribution is 2.23. The van der Waals surface area contributed by atoms with Crippen LogP contribution in [0.15, 0.2) is 67.8 Å². The summed E-state index contributed by atoms with van der Waals surface area (Å²) >= 11 is 0. The van der Waals surface area contributed by atoms with E-state index >= 15 is 0 Å². The van der Waals surface area contributed by atoms with E-state index in [1.165, 1.54) is 33.8 Å². The molecular formula is C34H37N9O7. The molecule has 0 aliphatic rings. The average molecular weight is 684 g/mol. The van der Waals surface area contributed by atoms with Crippen LogP contribution in [0.4, 0.5) is 26.8 Å². The van der Waals surface area contributed by atoms with Crippen molar-refractivity contribution in [3.63, 3.8) is 0 Å². The van der Waals surface area contributed by atoms with Gasteiger partial charge in [-0.3, -0.25) is 25.0 Å². The Balaban J connectivity index is 1.26.